The van der Waals surface area contributed by atoms with Crippen LogP contribution in [0.1, 0.15) is 120 Å². The van der Waals surface area contributed by atoms with Gasteiger partial charge in [0.05, 0.1) is 19.5 Å². The predicted molar refractivity (Wildman–Crippen MR) is 202 cm³/mol. The minimum atomic E-state index is -3.22. The van der Waals surface area contributed by atoms with Crippen LogP contribution >= 0.6 is 0 Å². The molecule has 2 aliphatic heterocycles. The highest BCUT2D eigenvalue weighted by molar-refractivity contribution is 7.85. The summed E-state index contributed by atoms with van der Waals surface area (Å²) in [5.41, 5.74) is 3.97. The van der Waals surface area contributed by atoms with Gasteiger partial charge in [-0.3, -0.25) is 13.8 Å². The molecule has 0 radical (unpaired) electrons. The van der Waals surface area contributed by atoms with E-state index in [2.05, 4.69) is 16.7 Å². The van der Waals surface area contributed by atoms with Gasteiger partial charge in [0.2, 0.25) is 11.8 Å². The number of aryl methyl sites for hydroxylation is 2. The zero-order valence-corrected chi connectivity index (χ0v) is 31.3. The molecule has 0 unspecified atom stereocenters. The quantitative estimate of drug-likeness (QED) is 0.166. The average Bonchev–Trinajstić information content (AvgIpc) is 3.15. The first-order valence-corrected chi connectivity index (χ1v) is 21.0. The Kier molecular flexibility index (Phi) is 17.0. The van der Waals surface area contributed by atoms with E-state index in [1.165, 1.54) is 89.0 Å². The number of aliphatic hydroxyl groups excluding tert-OH is 1. The van der Waals surface area contributed by atoms with Gasteiger partial charge in [-0.25, -0.2) is 0 Å². The van der Waals surface area contributed by atoms with E-state index in [4.69, 9.17) is 19.1 Å². The minimum Gasteiger partial charge on any atom is -0.508 e. The van der Waals surface area contributed by atoms with Crippen molar-refractivity contribution in [1.82, 2.24) is 0 Å². The lowest BCUT2D eigenvalue weighted by atomic mass is 9.90. The molecule has 0 saturated heterocycles. The van der Waals surface area contributed by atoms with E-state index in [9.17, 15) is 18.0 Å². The third kappa shape index (κ3) is 15.5. The number of fused-ring (bicyclic) bond motifs is 2. The molecular weight excluding hydrogens is 669 g/mol. The van der Waals surface area contributed by atoms with Crippen LogP contribution in [-0.2, 0) is 36.7 Å². The highest BCUT2D eigenvalue weighted by Crippen LogP contribution is 2.30. The lowest BCUT2D eigenvalue weighted by Gasteiger charge is -2.22. The molecule has 3 saturated carbocycles. The molecule has 2 aromatic carbocycles. The van der Waals surface area contributed by atoms with Crippen molar-refractivity contribution in [3.63, 3.8) is 0 Å². The fraction of sp³-hybridized carbons (Fsp3) is 0.650. The van der Waals surface area contributed by atoms with Crippen LogP contribution in [0, 0.1) is 17.8 Å². The number of phenols is 1. The van der Waals surface area contributed by atoms with Crippen molar-refractivity contribution in [2.24, 2.45) is 17.8 Å². The molecule has 3 aliphatic carbocycles. The van der Waals surface area contributed by atoms with Crippen molar-refractivity contribution in [1.29, 1.82) is 0 Å². The molecular formula is C40H60N2O8S. The Morgan fingerprint density at radius 3 is 1.61 bits per heavy atom. The van der Waals surface area contributed by atoms with Crippen LogP contribution in [0.5, 0.6) is 11.5 Å². The van der Waals surface area contributed by atoms with E-state index in [1.807, 2.05) is 12.1 Å². The van der Waals surface area contributed by atoms with Gasteiger partial charge in [0.15, 0.2) is 0 Å². The van der Waals surface area contributed by atoms with Crippen molar-refractivity contribution in [3.05, 3.63) is 47.5 Å². The standard InChI is InChI=1S/C16H21NO2.C9H9NO2.C8H16O3S.C7H14O/c18-16-9-6-13-10-14(7-8-15(13)17-16)19-11-12-4-2-1-3-5-12;11-7-2-3-8-6(5-7)1-4-9(12)10-8;1-12(9,10)11-7-8-5-3-2-4-6-8;8-6-7-4-2-1-3-5-7/h7-8,10,12H,1-6,9,11H2,(H,17,18);2-3,5,11H,1,4H2,(H,10,12);8H,2-7H2,1H3;7-8H,1-6H2. The second-order valence-electron chi connectivity index (χ2n) is 14.8. The van der Waals surface area contributed by atoms with Crippen LogP contribution in [0.25, 0.3) is 0 Å². The number of hydrogen-bond acceptors (Lipinski definition) is 8. The van der Waals surface area contributed by atoms with Gasteiger partial charge in [-0.1, -0.05) is 57.8 Å². The first kappa shape index (κ1) is 40.6. The number of amides is 2. The van der Waals surface area contributed by atoms with Crippen molar-refractivity contribution >= 4 is 33.3 Å². The van der Waals surface area contributed by atoms with Gasteiger partial charge in [-0.05, 0) is 117 Å². The number of benzene rings is 2. The summed E-state index contributed by atoms with van der Waals surface area (Å²) in [6, 6.07) is 11.0. The van der Waals surface area contributed by atoms with Crippen LogP contribution in [0.2, 0.25) is 0 Å². The number of ether oxygens (including phenoxy) is 1. The largest absolute Gasteiger partial charge is 0.508 e. The SMILES string of the molecule is CS(=O)(=O)OCC1CCCCC1.O=C1CCc2cc(O)ccc2N1.O=C1CCc2cc(OCC3CCCCC3)ccc2N1.OCC1CCCCC1. The third-order valence-corrected chi connectivity index (χ3v) is 11.0. The Bertz CT molecular complexity index is 1480. The molecule has 0 spiro atoms. The Morgan fingerprint density at radius 1 is 0.647 bits per heavy atom. The number of aliphatic hydroxyl groups is 1. The minimum absolute atomic E-state index is 0.0492. The molecule has 2 aromatic rings. The molecule has 11 heteroatoms. The fourth-order valence-corrected chi connectivity index (χ4v) is 7.77. The summed E-state index contributed by atoms with van der Waals surface area (Å²) >= 11 is 0. The molecule has 0 aromatic heterocycles. The summed E-state index contributed by atoms with van der Waals surface area (Å²) in [6.07, 6.45) is 23.0. The van der Waals surface area contributed by atoms with Gasteiger partial charge in [-0.2, -0.15) is 8.42 Å². The normalized spacial score (nSPS) is 19.6. The van der Waals surface area contributed by atoms with Crippen molar-refractivity contribution < 1.29 is 37.1 Å². The molecule has 7 rings (SSSR count). The zero-order valence-electron chi connectivity index (χ0n) is 30.5. The first-order valence-electron chi connectivity index (χ1n) is 19.2. The number of rotatable bonds is 7. The molecule has 284 valence electrons. The number of aromatic hydroxyl groups is 1. The van der Waals surface area contributed by atoms with Gasteiger partial charge in [0, 0.05) is 30.8 Å². The summed E-state index contributed by atoms with van der Waals surface area (Å²) in [5.74, 6) is 3.20. The molecule has 0 bridgehead atoms. The van der Waals surface area contributed by atoms with E-state index >= 15 is 0 Å². The van der Waals surface area contributed by atoms with Crippen molar-refractivity contribution in [3.8, 4) is 11.5 Å². The molecule has 2 heterocycles. The molecule has 0 atom stereocenters. The van der Waals surface area contributed by atoms with E-state index in [0.29, 0.717) is 37.9 Å². The number of hydrogen-bond donors (Lipinski definition) is 4. The second-order valence-corrected chi connectivity index (χ2v) is 16.4. The Morgan fingerprint density at radius 2 is 1.12 bits per heavy atom. The maximum Gasteiger partial charge on any atom is 0.264 e. The first-order chi connectivity index (χ1) is 24.6. The van der Waals surface area contributed by atoms with Gasteiger partial charge in [0.1, 0.15) is 11.5 Å². The summed E-state index contributed by atoms with van der Waals surface area (Å²) < 4.78 is 32.0. The Labute approximate surface area is 305 Å². The van der Waals surface area contributed by atoms with Crippen molar-refractivity contribution in [2.75, 3.05) is 36.7 Å². The van der Waals surface area contributed by atoms with Gasteiger partial charge < -0.3 is 25.6 Å². The summed E-state index contributed by atoms with van der Waals surface area (Å²) in [5, 5.41) is 23.5. The molecule has 4 N–H and O–H groups in total. The predicted octanol–water partition coefficient (Wildman–Crippen LogP) is 7.91. The van der Waals surface area contributed by atoms with Crippen LogP contribution in [0.15, 0.2) is 36.4 Å². The van der Waals surface area contributed by atoms with E-state index < -0.39 is 10.1 Å². The fourth-order valence-electron chi connectivity index (χ4n) is 7.33. The lowest BCUT2D eigenvalue weighted by Crippen LogP contribution is -2.19. The molecule has 3 fully saturated rings. The molecule has 2 amide bonds. The van der Waals surface area contributed by atoms with Crippen LogP contribution in [0.4, 0.5) is 11.4 Å². The summed E-state index contributed by atoms with van der Waals surface area (Å²) in [7, 11) is -3.22. The topological polar surface area (TPSA) is 151 Å². The Balaban J connectivity index is 0.000000160. The highest BCUT2D eigenvalue weighted by Gasteiger charge is 2.18. The third-order valence-electron chi connectivity index (χ3n) is 10.4. The molecule has 5 aliphatic rings. The zero-order chi connectivity index (χ0) is 36.5. The van der Waals surface area contributed by atoms with E-state index in [1.54, 1.807) is 18.2 Å². The van der Waals surface area contributed by atoms with E-state index in [-0.39, 0.29) is 17.6 Å². The van der Waals surface area contributed by atoms with Gasteiger partial charge in [-0.15, -0.1) is 0 Å². The number of nitrogens with one attached hydrogen (secondary N) is 2. The number of anilines is 2. The average molecular weight is 729 g/mol. The van der Waals surface area contributed by atoms with Crippen LogP contribution in [-0.4, -0.2) is 56.5 Å². The molecule has 51 heavy (non-hydrogen) atoms. The monoisotopic (exact) mass is 728 g/mol. The van der Waals surface area contributed by atoms with Gasteiger partial charge in [0.25, 0.3) is 10.1 Å². The van der Waals surface area contributed by atoms with Crippen LogP contribution in [0.3, 0.4) is 0 Å². The molecule has 10 nitrogen and oxygen atoms in total. The number of carbonyl (C=O) groups is 2. The maximum atomic E-state index is 11.3. The number of phenolic OH excluding ortho intramolecular Hbond substituents is 1. The highest BCUT2D eigenvalue weighted by atomic mass is 32.2. The summed E-state index contributed by atoms with van der Waals surface area (Å²) in [4.78, 5) is 22.2. The van der Waals surface area contributed by atoms with Crippen LogP contribution < -0.4 is 15.4 Å². The second kappa shape index (κ2) is 21.4. The maximum absolute atomic E-state index is 11.3. The smallest absolute Gasteiger partial charge is 0.264 e. The number of carbonyl (C=O) groups excluding carboxylic acids is 2. The van der Waals surface area contributed by atoms with Crippen molar-refractivity contribution in [2.45, 2.75) is 122 Å². The lowest BCUT2D eigenvalue weighted by molar-refractivity contribution is -0.117. The van der Waals surface area contributed by atoms with E-state index in [0.717, 1.165) is 67.2 Å². The Hall–Kier alpha value is -3.15. The van der Waals surface area contributed by atoms with Gasteiger partial charge >= 0.3 is 0 Å². The summed E-state index contributed by atoms with van der Waals surface area (Å²) in [6.45, 7) is 1.64.